The van der Waals surface area contributed by atoms with E-state index in [0.29, 0.717) is 12.0 Å². The molecule has 0 saturated carbocycles. The molecule has 2 atom stereocenters. The van der Waals surface area contributed by atoms with Gasteiger partial charge in [-0.25, -0.2) is 0 Å². The summed E-state index contributed by atoms with van der Waals surface area (Å²) in [6.45, 7) is 4.69. The highest BCUT2D eigenvalue weighted by atomic mass is 15.2. The van der Waals surface area contributed by atoms with E-state index in [9.17, 15) is 0 Å². The van der Waals surface area contributed by atoms with E-state index in [-0.39, 0.29) is 5.41 Å². The second-order valence-electron chi connectivity index (χ2n) is 11.8. The zero-order chi connectivity index (χ0) is 28.3. The van der Waals surface area contributed by atoms with Crippen LogP contribution in [0.5, 0.6) is 0 Å². The summed E-state index contributed by atoms with van der Waals surface area (Å²) in [6.07, 6.45) is 13.1. The van der Waals surface area contributed by atoms with E-state index < -0.39 is 0 Å². The van der Waals surface area contributed by atoms with Gasteiger partial charge < -0.3 is 4.90 Å². The first-order valence-corrected chi connectivity index (χ1v) is 15.3. The van der Waals surface area contributed by atoms with Crippen molar-refractivity contribution in [2.75, 3.05) is 4.90 Å². The smallest absolute Gasteiger partial charge is 0.0702 e. The average Bonchev–Trinajstić information content (AvgIpc) is 3.54. The van der Waals surface area contributed by atoms with Crippen LogP contribution in [0.2, 0.25) is 0 Å². The van der Waals surface area contributed by atoms with Gasteiger partial charge in [-0.1, -0.05) is 92.7 Å². The van der Waals surface area contributed by atoms with Gasteiger partial charge in [0.2, 0.25) is 0 Å². The van der Waals surface area contributed by atoms with Gasteiger partial charge in [0.15, 0.2) is 0 Å². The number of allylic oxidation sites excluding steroid dienone is 2. The minimum absolute atomic E-state index is 0.00565. The lowest BCUT2D eigenvalue weighted by molar-refractivity contribution is 0.490. The molecular formula is C40H34N2. The molecule has 0 amide bonds. The van der Waals surface area contributed by atoms with Crippen LogP contribution in [0.4, 0.5) is 11.4 Å². The van der Waals surface area contributed by atoms with E-state index >= 15 is 0 Å². The lowest BCUT2D eigenvalue weighted by atomic mass is 9.73. The van der Waals surface area contributed by atoms with Crippen LogP contribution in [0.15, 0.2) is 134 Å². The number of nitrogens with zero attached hydrogens (tertiary/aromatic N) is 2. The molecule has 0 N–H and O–H groups in total. The second kappa shape index (κ2) is 9.70. The Balaban J connectivity index is 1.23. The summed E-state index contributed by atoms with van der Waals surface area (Å²) >= 11 is 0. The topological polar surface area (TPSA) is 16.1 Å². The first-order valence-electron chi connectivity index (χ1n) is 15.3. The Morgan fingerprint density at radius 1 is 0.667 bits per heavy atom. The van der Waals surface area contributed by atoms with Gasteiger partial charge in [-0.2, -0.15) is 0 Å². The number of aromatic nitrogens is 1. The van der Waals surface area contributed by atoms with Crippen molar-refractivity contribution in [1.29, 1.82) is 0 Å². The second-order valence-corrected chi connectivity index (χ2v) is 11.8. The van der Waals surface area contributed by atoms with Crippen molar-refractivity contribution in [2.45, 2.75) is 44.1 Å². The molecule has 204 valence electrons. The summed E-state index contributed by atoms with van der Waals surface area (Å²) in [5.74, 6) is 0.347. The van der Waals surface area contributed by atoms with E-state index in [1.165, 1.54) is 55.9 Å². The van der Waals surface area contributed by atoms with Crippen LogP contribution >= 0.6 is 0 Å². The molecule has 2 unspecified atom stereocenters. The van der Waals surface area contributed by atoms with Crippen molar-refractivity contribution in [3.63, 3.8) is 0 Å². The Morgan fingerprint density at radius 3 is 2.07 bits per heavy atom. The van der Waals surface area contributed by atoms with Crippen LogP contribution in [0, 0.1) is 0 Å². The Hall–Kier alpha value is -4.69. The standard InChI is InChI=1S/C40H34N2/c1-3-40(4-2)35-25-28(17-20-31(35)32-21-18-29(26-36(32)40)37-15-10-11-23-41-37)27-19-22-39-34(24-27)33-14-8-9-16-38(33)42(39)30-12-6-5-7-13-30/h5-26,33,38H,3-4H2,1-2H3. The van der Waals surface area contributed by atoms with Crippen LogP contribution in [0.3, 0.4) is 0 Å². The van der Waals surface area contributed by atoms with Crippen LogP contribution in [0.25, 0.3) is 33.5 Å². The number of benzene rings is 4. The third-order valence-electron chi connectivity index (χ3n) is 9.95. The molecule has 42 heavy (non-hydrogen) atoms. The van der Waals surface area contributed by atoms with Crippen LogP contribution < -0.4 is 4.90 Å². The molecule has 2 aliphatic carbocycles. The molecule has 0 fully saturated rings. The first-order chi connectivity index (χ1) is 20.7. The molecule has 0 saturated heterocycles. The zero-order valence-corrected chi connectivity index (χ0v) is 24.2. The number of rotatable bonds is 5. The van der Waals surface area contributed by atoms with Crippen molar-refractivity contribution >= 4 is 11.4 Å². The van der Waals surface area contributed by atoms with Crippen molar-refractivity contribution in [3.05, 3.63) is 150 Å². The quantitative estimate of drug-likeness (QED) is 0.220. The van der Waals surface area contributed by atoms with Crippen molar-refractivity contribution < 1.29 is 0 Å². The van der Waals surface area contributed by atoms with E-state index in [1.54, 1.807) is 0 Å². The summed E-state index contributed by atoms with van der Waals surface area (Å²) < 4.78 is 0. The maximum absolute atomic E-state index is 4.65. The lowest BCUT2D eigenvalue weighted by Crippen LogP contribution is -2.28. The largest absolute Gasteiger partial charge is 0.333 e. The third kappa shape index (κ3) is 3.61. The van der Waals surface area contributed by atoms with Gasteiger partial charge in [0.1, 0.15) is 0 Å². The van der Waals surface area contributed by atoms with E-state index in [0.717, 1.165) is 18.5 Å². The Morgan fingerprint density at radius 2 is 1.33 bits per heavy atom. The number of pyridine rings is 1. The predicted molar refractivity (Wildman–Crippen MR) is 175 cm³/mol. The molecule has 2 heterocycles. The SMILES string of the molecule is CCC1(CC)c2cc(-c3ccc4c(c3)C3C=CC=CC3N4c3ccccc3)ccc2-c2ccc(-c3ccccn3)cc21. The molecule has 1 aromatic heterocycles. The maximum atomic E-state index is 4.65. The molecule has 4 aromatic carbocycles. The molecule has 2 heteroatoms. The zero-order valence-electron chi connectivity index (χ0n) is 24.2. The van der Waals surface area contributed by atoms with E-state index in [4.69, 9.17) is 0 Å². The minimum atomic E-state index is -0.00565. The Bertz CT molecular complexity index is 1860. The van der Waals surface area contributed by atoms with Gasteiger partial charge in [0, 0.05) is 34.5 Å². The molecule has 3 aliphatic rings. The lowest BCUT2D eigenvalue weighted by Gasteiger charge is -2.30. The first kappa shape index (κ1) is 25.1. The van der Waals surface area contributed by atoms with E-state index in [1.807, 2.05) is 12.3 Å². The van der Waals surface area contributed by atoms with Gasteiger partial charge in [-0.3, -0.25) is 4.98 Å². The number of hydrogen-bond acceptors (Lipinski definition) is 2. The van der Waals surface area contributed by atoms with E-state index in [2.05, 4.69) is 145 Å². The number of hydrogen-bond donors (Lipinski definition) is 0. The summed E-state index contributed by atoms with van der Waals surface area (Å²) in [7, 11) is 0. The molecule has 2 nitrogen and oxygen atoms in total. The Kier molecular flexibility index (Phi) is 5.79. The molecular weight excluding hydrogens is 508 g/mol. The number of fused-ring (bicyclic) bond motifs is 6. The summed E-state index contributed by atoms with van der Waals surface area (Å²) in [5.41, 5.74) is 14.4. The fourth-order valence-electron chi connectivity index (χ4n) is 7.79. The summed E-state index contributed by atoms with van der Waals surface area (Å²) in [6, 6.07) is 38.5. The molecule has 0 bridgehead atoms. The molecule has 1 aliphatic heterocycles. The van der Waals surface area contributed by atoms with Crippen LogP contribution in [0.1, 0.15) is 49.3 Å². The van der Waals surface area contributed by atoms with Gasteiger partial charge in [0.25, 0.3) is 0 Å². The minimum Gasteiger partial charge on any atom is -0.333 e. The van der Waals surface area contributed by atoms with Gasteiger partial charge in [-0.05, 0) is 100 Å². The number of anilines is 2. The van der Waals surface area contributed by atoms with Crippen molar-refractivity contribution in [2.24, 2.45) is 0 Å². The van der Waals surface area contributed by atoms with Gasteiger partial charge in [-0.15, -0.1) is 0 Å². The molecule has 5 aromatic rings. The van der Waals surface area contributed by atoms with Crippen LogP contribution in [-0.2, 0) is 5.41 Å². The molecule has 8 rings (SSSR count). The monoisotopic (exact) mass is 542 g/mol. The van der Waals surface area contributed by atoms with Crippen LogP contribution in [-0.4, -0.2) is 11.0 Å². The van der Waals surface area contributed by atoms with Crippen molar-refractivity contribution in [3.8, 4) is 33.5 Å². The maximum Gasteiger partial charge on any atom is 0.0702 e. The third-order valence-corrected chi connectivity index (χ3v) is 9.95. The fraction of sp³-hybridized carbons (Fsp3) is 0.175. The molecule has 0 spiro atoms. The Labute approximate surface area is 248 Å². The molecule has 0 radical (unpaired) electrons. The highest BCUT2D eigenvalue weighted by Gasteiger charge is 2.41. The average molecular weight is 543 g/mol. The van der Waals surface area contributed by atoms with Gasteiger partial charge in [0.05, 0.1) is 11.7 Å². The van der Waals surface area contributed by atoms with Crippen molar-refractivity contribution in [1.82, 2.24) is 4.98 Å². The summed E-state index contributed by atoms with van der Waals surface area (Å²) in [4.78, 5) is 7.15. The highest BCUT2D eigenvalue weighted by Crippen LogP contribution is 2.55. The van der Waals surface area contributed by atoms with Gasteiger partial charge >= 0.3 is 0 Å². The number of para-hydroxylation sites is 1. The predicted octanol–water partition coefficient (Wildman–Crippen LogP) is 10.2. The fourth-order valence-corrected chi connectivity index (χ4v) is 7.79. The highest BCUT2D eigenvalue weighted by molar-refractivity contribution is 5.87. The summed E-state index contributed by atoms with van der Waals surface area (Å²) in [5, 5.41) is 0. The normalized spacial score (nSPS) is 18.9.